The Morgan fingerprint density at radius 3 is 3.07 bits per heavy atom. The van der Waals surface area contributed by atoms with Gasteiger partial charge in [-0.3, -0.25) is 0 Å². The molecule has 0 saturated carbocycles. The minimum atomic E-state index is 0.628. The summed E-state index contributed by atoms with van der Waals surface area (Å²) in [6.45, 7) is 1.90. The fraction of sp³-hybridized carbons (Fsp3) is 0.500. The quantitative estimate of drug-likeness (QED) is 0.848. The van der Waals surface area contributed by atoms with Gasteiger partial charge in [-0.15, -0.1) is 0 Å². The van der Waals surface area contributed by atoms with Gasteiger partial charge in [-0.2, -0.15) is 0 Å². The zero-order chi connectivity index (χ0) is 10.8. The Bertz CT molecular complexity index is 351. The molecule has 15 heavy (non-hydrogen) atoms. The average molecular weight is 269 g/mol. The summed E-state index contributed by atoms with van der Waals surface area (Å²) in [6, 6.07) is 6.52. The molecule has 0 spiro atoms. The fourth-order valence-corrected chi connectivity index (χ4v) is 2.61. The molecule has 1 atom stereocenters. The highest BCUT2D eigenvalue weighted by Crippen LogP contribution is 2.29. The molecule has 2 N–H and O–H groups in total. The Balaban J connectivity index is 2.36. The number of nitrogens with two attached hydrogens (primary N) is 1. The summed E-state index contributed by atoms with van der Waals surface area (Å²) in [5, 5.41) is 0. The standard InChI is InChI=1S/C12H17BrN2/c1-15-5-4-9(8-14)6-10-7-11(13)2-3-12(10)15/h2-3,7,9H,4-6,8,14H2,1H3. The lowest BCUT2D eigenvalue weighted by Crippen LogP contribution is -2.21. The van der Waals surface area contributed by atoms with Crippen molar-refractivity contribution >= 4 is 21.6 Å². The van der Waals surface area contributed by atoms with Gasteiger partial charge in [-0.1, -0.05) is 15.9 Å². The molecule has 1 aromatic carbocycles. The van der Waals surface area contributed by atoms with Gasteiger partial charge in [-0.25, -0.2) is 0 Å². The van der Waals surface area contributed by atoms with Crippen LogP contribution in [0.3, 0.4) is 0 Å². The molecule has 0 amide bonds. The molecule has 3 heteroatoms. The summed E-state index contributed by atoms with van der Waals surface area (Å²) in [5.74, 6) is 0.628. The first-order valence-electron chi connectivity index (χ1n) is 5.40. The fourth-order valence-electron chi connectivity index (χ4n) is 2.20. The van der Waals surface area contributed by atoms with Gasteiger partial charge in [0.2, 0.25) is 0 Å². The number of hydrogen-bond donors (Lipinski definition) is 1. The molecule has 0 saturated heterocycles. The lowest BCUT2D eigenvalue weighted by Gasteiger charge is -2.19. The van der Waals surface area contributed by atoms with Crippen molar-refractivity contribution in [2.45, 2.75) is 12.8 Å². The Hall–Kier alpha value is -0.540. The van der Waals surface area contributed by atoms with Gasteiger partial charge in [-0.05, 0) is 49.1 Å². The second kappa shape index (κ2) is 4.54. The lowest BCUT2D eigenvalue weighted by atomic mass is 9.97. The van der Waals surface area contributed by atoms with Crippen molar-refractivity contribution in [3.05, 3.63) is 28.2 Å². The normalized spacial score (nSPS) is 21.0. The van der Waals surface area contributed by atoms with Gasteiger partial charge in [0, 0.05) is 23.8 Å². The topological polar surface area (TPSA) is 29.3 Å². The maximum Gasteiger partial charge on any atom is 0.0397 e. The van der Waals surface area contributed by atoms with Crippen molar-refractivity contribution in [3.8, 4) is 0 Å². The number of nitrogens with zero attached hydrogens (tertiary/aromatic N) is 1. The van der Waals surface area contributed by atoms with Crippen molar-refractivity contribution in [1.29, 1.82) is 0 Å². The summed E-state index contributed by atoms with van der Waals surface area (Å²) >= 11 is 3.53. The van der Waals surface area contributed by atoms with Gasteiger partial charge in [0.05, 0.1) is 0 Å². The zero-order valence-corrected chi connectivity index (χ0v) is 10.6. The highest BCUT2D eigenvalue weighted by molar-refractivity contribution is 9.10. The third kappa shape index (κ3) is 2.34. The number of hydrogen-bond acceptors (Lipinski definition) is 2. The van der Waals surface area contributed by atoms with Crippen LogP contribution in [0.5, 0.6) is 0 Å². The van der Waals surface area contributed by atoms with Crippen LogP contribution in [0.25, 0.3) is 0 Å². The van der Waals surface area contributed by atoms with E-state index in [0.29, 0.717) is 5.92 Å². The molecule has 1 unspecified atom stereocenters. The first-order valence-corrected chi connectivity index (χ1v) is 6.19. The van der Waals surface area contributed by atoms with E-state index in [4.69, 9.17) is 5.73 Å². The summed E-state index contributed by atoms with van der Waals surface area (Å²) in [7, 11) is 2.16. The molecule has 1 aliphatic rings. The molecular weight excluding hydrogens is 252 g/mol. The Labute approximate surface area is 99.6 Å². The summed E-state index contributed by atoms with van der Waals surface area (Å²) in [4.78, 5) is 2.33. The minimum absolute atomic E-state index is 0.628. The first kappa shape index (κ1) is 11.0. The maximum atomic E-state index is 5.78. The Kier molecular flexibility index (Phi) is 3.32. The molecule has 0 radical (unpaired) electrons. The van der Waals surface area contributed by atoms with E-state index in [2.05, 4.69) is 46.1 Å². The highest BCUT2D eigenvalue weighted by Gasteiger charge is 2.18. The van der Waals surface area contributed by atoms with E-state index in [9.17, 15) is 0 Å². The van der Waals surface area contributed by atoms with Crippen LogP contribution >= 0.6 is 15.9 Å². The molecule has 82 valence electrons. The van der Waals surface area contributed by atoms with Gasteiger partial charge in [0.15, 0.2) is 0 Å². The molecule has 1 aliphatic heterocycles. The second-order valence-electron chi connectivity index (χ2n) is 4.29. The zero-order valence-electron chi connectivity index (χ0n) is 9.04. The third-order valence-corrected chi connectivity index (χ3v) is 3.66. The van der Waals surface area contributed by atoms with Gasteiger partial charge >= 0.3 is 0 Å². The molecule has 1 aromatic rings. The van der Waals surface area contributed by atoms with Crippen LogP contribution in [0, 0.1) is 5.92 Å². The van der Waals surface area contributed by atoms with Crippen molar-refractivity contribution in [3.63, 3.8) is 0 Å². The molecule has 2 rings (SSSR count). The number of halogens is 1. The SMILES string of the molecule is CN1CCC(CN)Cc2cc(Br)ccc21. The van der Waals surface area contributed by atoms with E-state index in [1.807, 2.05) is 0 Å². The van der Waals surface area contributed by atoms with E-state index in [-0.39, 0.29) is 0 Å². The average Bonchev–Trinajstić information content (AvgIpc) is 2.38. The summed E-state index contributed by atoms with van der Waals surface area (Å²) in [5.41, 5.74) is 8.56. The predicted octanol–water partition coefficient (Wildman–Crippen LogP) is 2.41. The maximum absolute atomic E-state index is 5.78. The summed E-state index contributed by atoms with van der Waals surface area (Å²) in [6.07, 6.45) is 2.30. The molecule has 0 bridgehead atoms. The van der Waals surface area contributed by atoms with Crippen molar-refractivity contribution in [2.75, 3.05) is 25.0 Å². The predicted molar refractivity (Wildman–Crippen MR) is 68.3 cm³/mol. The molecule has 0 aliphatic carbocycles. The molecule has 2 nitrogen and oxygen atoms in total. The largest absolute Gasteiger partial charge is 0.374 e. The van der Waals surface area contributed by atoms with Crippen molar-refractivity contribution < 1.29 is 0 Å². The molecule has 0 aromatic heterocycles. The number of fused-ring (bicyclic) bond motifs is 1. The van der Waals surface area contributed by atoms with Gasteiger partial charge in [0.25, 0.3) is 0 Å². The van der Waals surface area contributed by atoms with Crippen LogP contribution in [0.1, 0.15) is 12.0 Å². The van der Waals surface area contributed by atoms with Crippen LogP contribution in [0.15, 0.2) is 22.7 Å². The lowest BCUT2D eigenvalue weighted by molar-refractivity contribution is 0.509. The van der Waals surface area contributed by atoms with Crippen LogP contribution < -0.4 is 10.6 Å². The van der Waals surface area contributed by atoms with E-state index >= 15 is 0 Å². The third-order valence-electron chi connectivity index (χ3n) is 3.17. The van der Waals surface area contributed by atoms with E-state index in [0.717, 1.165) is 24.0 Å². The van der Waals surface area contributed by atoms with Crippen LogP contribution in [-0.4, -0.2) is 20.1 Å². The number of rotatable bonds is 1. The van der Waals surface area contributed by atoms with E-state index in [1.165, 1.54) is 17.7 Å². The number of anilines is 1. The minimum Gasteiger partial charge on any atom is -0.374 e. The molecular formula is C12H17BrN2. The van der Waals surface area contributed by atoms with Crippen LogP contribution in [-0.2, 0) is 6.42 Å². The first-order chi connectivity index (χ1) is 7.20. The van der Waals surface area contributed by atoms with Crippen LogP contribution in [0.4, 0.5) is 5.69 Å². The van der Waals surface area contributed by atoms with E-state index in [1.54, 1.807) is 0 Å². The van der Waals surface area contributed by atoms with Crippen molar-refractivity contribution in [1.82, 2.24) is 0 Å². The van der Waals surface area contributed by atoms with Crippen molar-refractivity contribution in [2.24, 2.45) is 11.7 Å². The Morgan fingerprint density at radius 2 is 2.33 bits per heavy atom. The number of benzene rings is 1. The monoisotopic (exact) mass is 268 g/mol. The van der Waals surface area contributed by atoms with E-state index < -0.39 is 0 Å². The molecule has 1 heterocycles. The highest BCUT2D eigenvalue weighted by atomic mass is 79.9. The van der Waals surface area contributed by atoms with Crippen LogP contribution in [0.2, 0.25) is 0 Å². The Morgan fingerprint density at radius 1 is 1.53 bits per heavy atom. The second-order valence-corrected chi connectivity index (χ2v) is 5.20. The van der Waals surface area contributed by atoms with Gasteiger partial charge < -0.3 is 10.6 Å². The molecule has 0 fully saturated rings. The summed E-state index contributed by atoms with van der Waals surface area (Å²) < 4.78 is 1.16. The van der Waals surface area contributed by atoms with Gasteiger partial charge in [0.1, 0.15) is 0 Å². The smallest absolute Gasteiger partial charge is 0.0397 e.